The van der Waals surface area contributed by atoms with Gasteiger partial charge in [0.15, 0.2) is 0 Å². The Hall–Kier alpha value is -3.75. The second-order valence-electron chi connectivity index (χ2n) is 8.99. The van der Waals surface area contributed by atoms with E-state index in [1.54, 1.807) is 0 Å². The Labute approximate surface area is 226 Å². The summed E-state index contributed by atoms with van der Waals surface area (Å²) in [5, 5.41) is 9.80. The number of amides is 1. The number of nitrogens with zero attached hydrogens (tertiary/aromatic N) is 2. The monoisotopic (exact) mass is 569 g/mol. The van der Waals surface area contributed by atoms with E-state index in [4.69, 9.17) is 14.3 Å². The van der Waals surface area contributed by atoms with Crippen LogP contribution in [0.1, 0.15) is 29.3 Å². The number of rotatable bonds is 3. The molecule has 3 aliphatic heterocycles. The highest BCUT2D eigenvalue weighted by Gasteiger charge is 2.58. The zero-order valence-corrected chi connectivity index (χ0v) is 21.8. The van der Waals surface area contributed by atoms with Crippen molar-refractivity contribution < 1.29 is 13.9 Å². The van der Waals surface area contributed by atoms with Crippen LogP contribution >= 0.6 is 27.7 Å². The number of hydrogen-bond donors (Lipinski definition) is 1. The van der Waals surface area contributed by atoms with Gasteiger partial charge in [-0.25, -0.2) is 5.01 Å². The van der Waals surface area contributed by atoms with E-state index in [1.807, 2.05) is 83.9 Å². The number of benzene rings is 3. The number of hydrogen-bond acceptors (Lipinski definition) is 6. The summed E-state index contributed by atoms with van der Waals surface area (Å²) in [6, 6.07) is 29.8. The first-order chi connectivity index (χ1) is 18.1. The molecular weight excluding hydrogens is 550 g/mol. The van der Waals surface area contributed by atoms with Crippen molar-refractivity contribution in [2.75, 3.05) is 0 Å². The van der Waals surface area contributed by atoms with Crippen LogP contribution < -0.4 is 10.1 Å². The van der Waals surface area contributed by atoms with Crippen molar-refractivity contribution in [2.45, 2.75) is 18.3 Å². The predicted molar refractivity (Wildman–Crippen MR) is 148 cm³/mol. The zero-order valence-electron chi connectivity index (χ0n) is 19.4. The zero-order chi connectivity index (χ0) is 25.0. The lowest BCUT2D eigenvalue weighted by atomic mass is 9.96. The van der Waals surface area contributed by atoms with E-state index < -0.39 is 5.85 Å². The van der Waals surface area contributed by atoms with Crippen molar-refractivity contribution in [2.24, 2.45) is 5.10 Å². The summed E-state index contributed by atoms with van der Waals surface area (Å²) in [6.07, 6.45) is 2.57. The number of carbonyl (C=O) groups excluding carboxylic acids is 1. The third-order valence-electron chi connectivity index (χ3n) is 6.71. The Kier molecular flexibility index (Phi) is 5.26. The molecule has 37 heavy (non-hydrogen) atoms. The molecule has 1 N–H and O–H groups in total. The van der Waals surface area contributed by atoms with Gasteiger partial charge in [-0.2, -0.15) is 5.10 Å². The minimum absolute atomic E-state index is 0.0857. The van der Waals surface area contributed by atoms with Crippen LogP contribution in [0.15, 0.2) is 110 Å². The molecule has 7 rings (SSSR count). The molecular formula is C29H20BrN3O3S. The quantitative estimate of drug-likeness (QED) is 0.278. The molecule has 3 aromatic carbocycles. The normalized spacial score (nSPS) is 23.0. The van der Waals surface area contributed by atoms with Gasteiger partial charge in [0.05, 0.1) is 16.7 Å². The standard InChI is InChI=1S/C29H20BrN3O3S/c30-20-12-10-19(11-13-20)25-15-14-21(35-25)16-27-29(31-28(34)37-27)33-24(22-8-4-5-9-26(22)36-29)17-23(32-33)18-6-2-1-3-7-18/h1-16,24H,17H2,(H,31,34)/b27-16-/t24-,29-/m1/s1. The summed E-state index contributed by atoms with van der Waals surface area (Å²) >= 11 is 4.57. The smallest absolute Gasteiger partial charge is 0.314 e. The summed E-state index contributed by atoms with van der Waals surface area (Å²) in [7, 11) is 0. The number of carbonyl (C=O) groups is 1. The highest BCUT2D eigenvalue weighted by molar-refractivity contribution is 9.10. The van der Waals surface area contributed by atoms with E-state index in [0.29, 0.717) is 17.1 Å². The van der Waals surface area contributed by atoms with Gasteiger partial charge >= 0.3 is 5.85 Å². The number of thioether (sulfide) groups is 1. The van der Waals surface area contributed by atoms with Crippen molar-refractivity contribution in [3.8, 4) is 17.1 Å². The van der Waals surface area contributed by atoms with Crippen LogP contribution in [0.4, 0.5) is 4.79 Å². The summed E-state index contributed by atoms with van der Waals surface area (Å²) in [4.78, 5) is 13.5. The topological polar surface area (TPSA) is 67.1 Å². The SMILES string of the molecule is O=C1N[C@]2(Oc3ccccc3[C@H]3CC(c4ccccc4)=NN32)/C(=C/c2ccc(-c3ccc(Br)cc3)o2)S1. The number of halogens is 1. The van der Waals surface area contributed by atoms with Crippen molar-refractivity contribution in [3.05, 3.63) is 117 Å². The Morgan fingerprint density at radius 1 is 0.973 bits per heavy atom. The van der Waals surface area contributed by atoms with E-state index in [0.717, 1.165) is 50.1 Å². The fraction of sp³-hybridized carbons (Fsp3) is 0.103. The number of nitrogens with one attached hydrogen (secondary N) is 1. The summed E-state index contributed by atoms with van der Waals surface area (Å²) in [5.74, 6) is 0.842. The maximum Gasteiger partial charge on any atom is 0.314 e. The Bertz CT molecular complexity index is 1580. The predicted octanol–water partition coefficient (Wildman–Crippen LogP) is 7.40. The average molecular weight is 570 g/mol. The molecule has 3 aliphatic rings. The van der Waals surface area contributed by atoms with Crippen LogP contribution in [0.25, 0.3) is 17.4 Å². The lowest BCUT2D eigenvalue weighted by molar-refractivity contribution is -0.0949. The third kappa shape index (κ3) is 3.79. The Morgan fingerprint density at radius 3 is 2.59 bits per heavy atom. The van der Waals surface area contributed by atoms with Crippen LogP contribution in [-0.4, -0.2) is 21.8 Å². The van der Waals surface area contributed by atoms with Gasteiger partial charge in [-0.3, -0.25) is 10.1 Å². The first-order valence-electron chi connectivity index (χ1n) is 11.9. The molecule has 0 aliphatic carbocycles. The van der Waals surface area contributed by atoms with Crippen LogP contribution in [0.2, 0.25) is 0 Å². The Balaban J connectivity index is 1.32. The molecule has 4 heterocycles. The molecule has 1 spiro atoms. The Morgan fingerprint density at radius 2 is 1.76 bits per heavy atom. The minimum atomic E-state index is -1.26. The van der Waals surface area contributed by atoms with Crippen LogP contribution in [0, 0.1) is 0 Å². The summed E-state index contributed by atoms with van der Waals surface area (Å²) in [6.45, 7) is 0. The molecule has 2 atom stereocenters. The van der Waals surface area contributed by atoms with Gasteiger partial charge in [-0.1, -0.05) is 76.6 Å². The molecule has 6 nitrogen and oxygen atoms in total. The van der Waals surface area contributed by atoms with Gasteiger partial charge in [-0.05, 0) is 53.7 Å². The lowest BCUT2D eigenvalue weighted by Crippen LogP contribution is -2.61. The molecule has 4 aromatic rings. The highest BCUT2D eigenvalue weighted by atomic mass is 79.9. The van der Waals surface area contributed by atoms with E-state index in [9.17, 15) is 4.79 Å². The van der Waals surface area contributed by atoms with E-state index in [-0.39, 0.29) is 11.3 Å². The second kappa shape index (κ2) is 8.68. The first-order valence-corrected chi connectivity index (χ1v) is 13.5. The van der Waals surface area contributed by atoms with E-state index >= 15 is 0 Å². The molecule has 0 unspecified atom stereocenters. The minimum Gasteiger partial charge on any atom is -0.457 e. The molecule has 1 fully saturated rings. The van der Waals surface area contributed by atoms with Gasteiger partial charge in [0.25, 0.3) is 5.24 Å². The molecule has 0 radical (unpaired) electrons. The van der Waals surface area contributed by atoms with Gasteiger partial charge in [0.2, 0.25) is 0 Å². The number of para-hydroxylation sites is 1. The maximum absolute atomic E-state index is 12.8. The van der Waals surface area contributed by atoms with Crippen molar-refractivity contribution in [1.82, 2.24) is 10.3 Å². The average Bonchev–Trinajstić information content (AvgIpc) is 3.64. The van der Waals surface area contributed by atoms with Crippen LogP contribution in [0.3, 0.4) is 0 Å². The van der Waals surface area contributed by atoms with E-state index in [1.165, 1.54) is 0 Å². The van der Waals surface area contributed by atoms with E-state index in [2.05, 4.69) is 39.4 Å². The molecule has 1 amide bonds. The van der Waals surface area contributed by atoms with Gasteiger partial charge < -0.3 is 9.15 Å². The van der Waals surface area contributed by atoms with Crippen molar-refractivity contribution in [3.63, 3.8) is 0 Å². The number of hydrazone groups is 1. The van der Waals surface area contributed by atoms with Gasteiger partial charge in [0.1, 0.15) is 17.3 Å². The summed E-state index contributed by atoms with van der Waals surface area (Å²) < 4.78 is 13.8. The van der Waals surface area contributed by atoms with Crippen LogP contribution in [-0.2, 0) is 0 Å². The molecule has 1 aromatic heterocycles. The largest absolute Gasteiger partial charge is 0.457 e. The summed E-state index contributed by atoms with van der Waals surface area (Å²) in [5.41, 5.74) is 4.02. The number of fused-ring (bicyclic) bond motifs is 4. The molecule has 1 saturated heterocycles. The van der Waals surface area contributed by atoms with Crippen LogP contribution in [0.5, 0.6) is 5.75 Å². The van der Waals surface area contributed by atoms with Crippen molar-refractivity contribution in [1.29, 1.82) is 0 Å². The fourth-order valence-electron chi connectivity index (χ4n) is 5.00. The first kappa shape index (κ1) is 22.4. The van der Waals surface area contributed by atoms with Gasteiger partial charge in [0, 0.05) is 22.0 Å². The highest BCUT2D eigenvalue weighted by Crippen LogP contribution is 2.52. The van der Waals surface area contributed by atoms with Crippen molar-refractivity contribution >= 4 is 44.7 Å². The fourth-order valence-corrected chi connectivity index (χ4v) is 6.15. The van der Waals surface area contributed by atoms with Gasteiger partial charge in [-0.15, -0.1) is 0 Å². The molecule has 182 valence electrons. The molecule has 8 heteroatoms. The third-order valence-corrected chi connectivity index (χ3v) is 8.14. The lowest BCUT2D eigenvalue weighted by Gasteiger charge is -2.44. The maximum atomic E-state index is 12.8. The number of ether oxygens (including phenoxy) is 1. The number of furan rings is 1. The second-order valence-corrected chi connectivity index (χ2v) is 10.9. The molecule has 0 saturated carbocycles. The molecule has 0 bridgehead atoms.